The van der Waals surface area contributed by atoms with Crippen molar-refractivity contribution in [3.05, 3.63) is 90.3 Å². The molecule has 8 nitrogen and oxygen atoms in total. The number of nitrogens with zero attached hydrogens (tertiary/aromatic N) is 3. The first-order valence-electron chi connectivity index (χ1n) is 11.4. The molecule has 1 aromatic heterocycles. The molecule has 0 aliphatic carbocycles. The number of benzene rings is 2. The van der Waals surface area contributed by atoms with Crippen LogP contribution in [0.4, 0.5) is 11.4 Å². The lowest BCUT2D eigenvalue weighted by Gasteiger charge is -2.37. The van der Waals surface area contributed by atoms with Gasteiger partial charge in [0.1, 0.15) is 11.6 Å². The summed E-state index contributed by atoms with van der Waals surface area (Å²) in [7, 11) is 0. The van der Waals surface area contributed by atoms with Crippen molar-refractivity contribution in [1.82, 2.24) is 9.80 Å². The van der Waals surface area contributed by atoms with Crippen molar-refractivity contribution < 1.29 is 18.7 Å². The second-order valence-electron chi connectivity index (χ2n) is 8.06. The predicted octanol–water partition coefficient (Wildman–Crippen LogP) is 4.01. The highest BCUT2D eigenvalue weighted by Crippen LogP contribution is 2.32. The summed E-state index contributed by atoms with van der Waals surface area (Å²) in [5.74, 6) is 1.57. The Balaban J connectivity index is 1.39. The topological polar surface area (TPSA) is 78.3 Å². The maximum absolute atomic E-state index is 13.5. The molecule has 2 aliphatic heterocycles. The van der Waals surface area contributed by atoms with Gasteiger partial charge in [0.25, 0.3) is 11.8 Å². The van der Waals surface area contributed by atoms with E-state index < -0.39 is 0 Å². The van der Waals surface area contributed by atoms with Gasteiger partial charge in [-0.25, -0.2) is 0 Å². The molecule has 3 heterocycles. The fourth-order valence-electron chi connectivity index (χ4n) is 4.19. The van der Waals surface area contributed by atoms with Crippen LogP contribution in [0.2, 0.25) is 0 Å². The summed E-state index contributed by atoms with van der Waals surface area (Å²) in [5.41, 5.74) is 2.13. The van der Waals surface area contributed by atoms with Crippen molar-refractivity contribution in [3.63, 3.8) is 0 Å². The number of rotatable bonds is 5. The van der Waals surface area contributed by atoms with E-state index in [9.17, 15) is 9.59 Å². The highest BCUT2D eigenvalue weighted by atomic mass is 16.5. The lowest BCUT2D eigenvalue weighted by Crippen LogP contribution is -2.48. The van der Waals surface area contributed by atoms with Gasteiger partial charge in [-0.1, -0.05) is 12.1 Å². The van der Waals surface area contributed by atoms with Gasteiger partial charge in [0, 0.05) is 32.4 Å². The molecule has 8 heteroatoms. The van der Waals surface area contributed by atoms with Crippen LogP contribution in [0.3, 0.4) is 0 Å². The van der Waals surface area contributed by atoms with E-state index in [1.807, 2.05) is 61.7 Å². The predicted molar refractivity (Wildman–Crippen MR) is 129 cm³/mol. The maximum atomic E-state index is 13.5. The third-order valence-electron chi connectivity index (χ3n) is 5.91. The molecule has 1 saturated heterocycles. The summed E-state index contributed by atoms with van der Waals surface area (Å²) < 4.78 is 10.8. The van der Waals surface area contributed by atoms with E-state index >= 15 is 0 Å². The first-order chi connectivity index (χ1) is 16.6. The van der Waals surface area contributed by atoms with Crippen LogP contribution in [0.25, 0.3) is 0 Å². The summed E-state index contributed by atoms with van der Waals surface area (Å²) in [4.78, 5) is 31.6. The van der Waals surface area contributed by atoms with Gasteiger partial charge in [-0.05, 0) is 55.5 Å². The zero-order valence-corrected chi connectivity index (χ0v) is 18.9. The average Bonchev–Trinajstić information content (AvgIpc) is 3.40. The molecule has 0 radical (unpaired) electrons. The molecule has 0 saturated carbocycles. The molecule has 0 unspecified atom stereocenters. The Morgan fingerprint density at radius 2 is 1.79 bits per heavy atom. The van der Waals surface area contributed by atoms with Gasteiger partial charge < -0.3 is 24.3 Å². The Kier molecular flexibility index (Phi) is 5.95. The third kappa shape index (κ3) is 4.22. The highest BCUT2D eigenvalue weighted by molar-refractivity contribution is 6.14. The number of hydrogen-bond donors (Lipinski definition) is 1. The Morgan fingerprint density at radius 3 is 2.50 bits per heavy atom. The Labute approximate surface area is 198 Å². The summed E-state index contributed by atoms with van der Waals surface area (Å²) in [6.07, 6.45) is 3.46. The Hall–Kier alpha value is -4.20. The summed E-state index contributed by atoms with van der Waals surface area (Å²) in [5, 5.41) is 3.42. The molecule has 174 valence electrons. The number of carbonyl (C=O) groups excluding carboxylic acids is 2. The minimum absolute atomic E-state index is 0.101. The number of amides is 2. The lowest BCUT2D eigenvalue weighted by molar-refractivity contribution is 0.0647. The number of piperazine rings is 1. The first-order valence-corrected chi connectivity index (χ1v) is 11.4. The quantitative estimate of drug-likeness (QED) is 0.623. The van der Waals surface area contributed by atoms with Crippen molar-refractivity contribution in [2.24, 2.45) is 0 Å². The summed E-state index contributed by atoms with van der Waals surface area (Å²) >= 11 is 0. The molecule has 0 atom stereocenters. The number of para-hydroxylation sites is 1. The van der Waals surface area contributed by atoms with Gasteiger partial charge in [0.05, 0.1) is 29.8 Å². The van der Waals surface area contributed by atoms with Crippen LogP contribution in [0.15, 0.2) is 83.4 Å². The van der Waals surface area contributed by atoms with Crippen LogP contribution in [0.5, 0.6) is 5.75 Å². The van der Waals surface area contributed by atoms with Gasteiger partial charge in [0.15, 0.2) is 5.76 Å². The fourth-order valence-corrected chi connectivity index (χ4v) is 4.19. The van der Waals surface area contributed by atoms with Crippen LogP contribution in [-0.4, -0.2) is 54.4 Å². The van der Waals surface area contributed by atoms with Crippen molar-refractivity contribution in [1.29, 1.82) is 0 Å². The molecule has 2 aromatic carbocycles. The third-order valence-corrected chi connectivity index (χ3v) is 5.91. The molecular weight excluding hydrogens is 432 g/mol. The second-order valence-corrected chi connectivity index (χ2v) is 8.06. The minimum Gasteiger partial charge on any atom is -0.494 e. The first kappa shape index (κ1) is 21.6. The largest absolute Gasteiger partial charge is 0.494 e. The van der Waals surface area contributed by atoms with Crippen LogP contribution < -0.4 is 15.0 Å². The van der Waals surface area contributed by atoms with E-state index in [-0.39, 0.29) is 11.8 Å². The van der Waals surface area contributed by atoms with E-state index in [4.69, 9.17) is 9.15 Å². The monoisotopic (exact) mass is 458 g/mol. The molecular formula is C26H26N4O4. The zero-order valence-electron chi connectivity index (χ0n) is 18.9. The van der Waals surface area contributed by atoms with Crippen LogP contribution in [0.1, 0.15) is 27.8 Å². The van der Waals surface area contributed by atoms with Crippen LogP contribution >= 0.6 is 0 Å². The zero-order chi connectivity index (χ0) is 23.5. The summed E-state index contributed by atoms with van der Waals surface area (Å²) in [6.45, 7) is 4.94. The number of carbonyl (C=O) groups is 2. The molecule has 3 aromatic rings. The molecule has 2 amide bonds. The van der Waals surface area contributed by atoms with E-state index in [1.54, 1.807) is 21.9 Å². The minimum atomic E-state index is -0.104. The van der Waals surface area contributed by atoms with Crippen molar-refractivity contribution in [3.8, 4) is 5.75 Å². The molecule has 0 spiro atoms. The normalized spacial score (nSPS) is 16.9. The summed E-state index contributed by atoms with van der Waals surface area (Å²) in [6, 6.07) is 18.4. The van der Waals surface area contributed by atoms with E-state index in [0.29, 0.717) is 49.9 Å². The average molecular weight is 459 g/mol. The van der Waals surface area contributed by atoms with Gasteiger partial charge >= 0.3 is 0 Å². The fraction of sp³-hybridized carbons (Fsp3) is 0.231. The second kappa shape index (κ2) is 9.35. The number of fused-ring (bicyclic) bond motifs is 1. The van der Waals surface area contributed by atoms with Gasteiger partial charge in [-0.15, -0.1) is 0 Å². The van der Waals surface area contributed by atoms with E-state index in [1.165, 1.54) is 6.26 Å². The number of nitrogens with one attached hydrogen (secondary N) is 1. The highest BCUT2D eigenvalue weighted by Gasteiger charge is 2.30. The van der Waals surface area contributed by atoms with Gasteiger partial charge in [-0.2, -0.15) is 0 Å². The van der Waals surface area contributed by atoms with Crippen molar-refractivity contribution in [2.45, 2.75) is 6.92 Å². The van der Waals surface area contributed by atoms with Crippen molar-refractivity contribution >= 4 is 23.2 Å². The van der Waals surface area contributed by atoms with Crippen molar-refractivity contribution in [2.75, 3.05) is 43.0 Å². The Bertz CT molecular complexity index is 1200. The molecule has 34 heavy (non-hydrogen) atoms. The smallest absolute Gasteiger partial charge is 0.289 e. The molecule has 1 N–H and O–H groups in total. The molecule has 0 bridgehead atoms. The number of furan rings is 1. The van der Waals surface area contributed by atoms with Crippen LogP contribution in [-0.2, 0) is 0 Å². The maximum Gasteiger partial charge on any atom is 0.289 e. The lowest BCUT2D eigenvalue weighted by atomic mass is 10.1. The Morgan fingerprint density at radius 1 is 1.03 bits per heavy atom. The van der Waals surface area contributed by atoms with Gasteiger partial charge in [0.2, 0.25) is 0 Å². The number of ether oxygens (including phenoxy) is 1. The van der Waals surface area contributed by atoms with Gasteiger partial charge in [-0.3, -0.25) is 14.5 Å². The molecule has 5 rings (SSSR count). The number of anilines is 2. The molecule has 1 fully saturated rings. The van der Waals surface area contributed by atoms with E-state index in [2.05, 4.69) is 10.2 Å². The van der Waals surface area contributed by atoms with Crippen LogP contribution in [0, 0.1) is 0 Å². The number of hydrogen-bond acceptors (Lipinski definition) is 6. The van der Waals surface area contributed by atoms with E-state index in [0.717, 1.165) is 17.1 Å². The SMILES string of the molecule is CCOc1ccc(N2C(=O)c3ccccc3N/C2=C\N2CCN(C(=O)c3ccco3)CC2)cc1. The molecule has 2 aliphatic rings. The standard InChI is InChI=1S/C26H26N4O4/c1-2-33-20-11-9-19(10-12-20)30-24(27-22-7-4-3-6-21(22)25(30)31)18-28-13-15-29(16-14-28)26(32)23-8-5-17-34-23/h3-12,17-18,27H,2,13-16H2,1H3/b24-18+.